The van der Waals surface area contributed by atoms with Gasteiger partial charge in [-0.3, -0.25) is 4.98 Å². The molecule has 0 atom stereocenters. The molecule has 0 aliphatic heterocycles. The van der Waals surface area contributed by atoms with Gasteiger partial charge in [-0.2, -0.15) is 0 Å². The monoisotopic (exact) mass is 258 g/mol. The van der Waals surface area contributed by atoms with Crippen LogP contribution < -0.4 is 4.74 Å². The van der Waals surface area contributed by atoms with Gasteiger partial charge in [0.05, 0.1) is 18.1 Å². The van der Waals surface area contributed by atoms with E-state index in [1.807, 2.05) is 27.7 Å². The molecule has 0 saturated heterocycles. The first-order valence-electron chi connectivity index (χ1n) is 6.33. The van der Waals surface area contributed by atoms with Crippen molar-refractivity contribution in [1.29, 1.82) is 0 Å². The molecule has 0 unspecified atom stereocenters. The smallest absolute Gasteiger partial charge is 0.255 e. The van der Waals surface area contributed by atoms with Crippen LogP contribution in [-0.2, 0) is 0 Å². The molecule has 0 radical (unpaired) electrons. The van der Waals surface area contributed by atoms with Crippen molar-refractivity contribution in [1.82, 2.24) is 9.97 Å². The van der Waals surface area contributed by atoms with Gasteiger partial charge in [0, 0.05) is 12.8 Å². The molecule has 1 heterocycles. The number of rotatable bonds is 3. The summed E-state index contributed by atoms with van der Waals surface area (Å²) in [5.41, 5.74) is 0.867. The van der Waals surface area contributed by atoms with Crippen molar-refractivity contribution in [2.75, 3.05) is 0 Å². The van der Waals surface area contributed by atoms with Gasteiger partial charge in [0.2, 0.25) is 5.88 Å². The molecule has 0 aromatic carbocycles. The minimum Gasteiger partial charge on any atom is -0.473 e. The molecular weight excluding hydrogens is 238 g/mol. The van der Waals surface area contributed by atoms with Gasteiger partial charge in [-0.05, 0) is 5.92 Å². The molecule has 1 fully saturated rings. The average molecular weight is 258 g/mol. The Morgan fingerprint density at radius 3 is 2.22 bits per heavy atom. The van der Waals surface area contributed by atoms with E-state index < -0.39 is 12.0 Å². The van der Waals surface area contributed by atoms with Crippen molar-refractivity contribution in [3.63, 3.8) is 0 Å². The predicted molar refractivity (Wildman–Crippen MR) is 66.1 cm³/mol. The highest BCUT2D eigenvalue weighted by Crippen LogP contribution is 2.39. The van der Waals surface area contributed by atoms with E-state index in [9.17, 15) is 8.78 Å². The Morgan fingerprint density at radius 1 is 1.22 bits per heavy atom. The average Bonchev–Trinajstić information content (AvgIpc) is 2.30. The fourth-order valence-corrected chi connectivity index (χ4v) is 1.55. The highest BCUT2D eigenvalue weighted by atomic mass is 19.3. The first-order valence-corrected chi connectivity index (χ1v) is 6.33. The van der Waals surface area contributed by atoms with Crippen LogP contribution in [0, 0.1) is 0 Å². The quantitative estimate of drug-likeness (QED) is 0.827. The van der Waals surface area contributed by atoms with Crippen molar-refractivity contribution < 1.29 is 13.5 Å². The van der Waals surface area contributed by atoms with Gasteiger partial charge >= 0.3 is 0 Å². The second kappa shape index (κ2) is 6.07. The first-order chi connectivity index (χ1) is 8.46. The van der Waals surface area contributed by atoms with Gasteiger partial charge in [-0.25, -0.2) is 13.8 Å². The van der Waals surface area contributed by atoms with E-state index in [1.54, 1.807) is 6.20 Å². The van der Waals surface area contributed by atoms with Gasteiger partial charge in [-0.15, -0.1) is 0 Å². The molecule has 1 saturated carbocycles. The van der Waals surface area contributed by atoms with Crippen LogP contribution in [0.2, 0.25) is 0 Å². The molecule has 1 aromatic heterocycles. The highest BCUT2D eigenvalue weighted by molar-refractivity contribution is 5.10. The summed E-state index contributed by atoms with van der Waals surface area (Å²) in [5.74, 6) is -1.94. The lowest BCUT2D eigenvalue weighted by Crippen LogP contribution is -2.43. The Morgan fingerprint density at radius 2 is 1.83 bits per heavy atom. The van der Waals surface area contributed by atoms with Crippen molar-refractivity contribution >= 4 is 0 Å². The minimum atomic E-state index is -2.56. The SMILES string of the molecule is CC.CC(C)c1cnc(OC2CC(F)(F)C2)cn1. The molecule has 0 N–H and O–H groups in total. The molecule has 5 heteroatoms. The molecular formula is C13H20F2N2O. The Kier molecular flexibility index (Phi) is 4.99. The number of halogens is 2. The van der Waals surface area contributed by atoms with Gasteiger partial charge in [-0.1, -0.05) is 27.7 Å². The standard InChI is InChI=1S/C11H14F2N2O.C2H6/c1-7(2)9-5-15-10(6-14-9)16-8-3-11(12,13)4-8;1-2/h5-8H,3-4H2,1-2H3;1-2H3. The Labute approximate surface area is 107 Å². The largest absolute Gasteiger partial charge is 0.473 e. The fraction of sp³-hybridized carbons (Fsp3) is 0.692. The summed E-state index contributed by atoms with van der Waals surface area (Å²) in [6.07, 6.45) is 2.25. The van der Waals surface area contributed by atoms with Gasteiger partial charge in [0.1, 0.15) is 6.10 Å². The molecule has 18 heavy (non-hydrogen) atoms. The van der Waals surface area contributed by atoms with E-state index in [-0.39, 0.29) is 12.8 Å². The van der Waals surface area contributed by atoms with E-state index in [4.69, 9.17) is 4.74 Å². The third-order valence-corrected chi connectivity index (χ3v) is 2.58. The van der Waals surface area contributed by atoms with E-state index >= 15 is 0 Å². The van der Waals surface area contributed by atoms with Crippen LogP contribution in [0.3, 0.4) is 0 Å². The summed E-state index contributed by atoms with van der Waals surface area (Å²) in [4.78, 5) is 8.19. The highest BCUT2D eigenvalue weighted by Gasteiger charge is 2.47. The fourth-order valence-electron chi connectivity index (χ4n) is 1.55. The molecule has 1 aliphatic rings. The second-order valence-electron chi connectivity index (χ2n) is 4.44. The minimum absolute atomic E-state index is 0.222. The van der Waals surface area contributed by atoms with E-state index in [0.717, 1.165) is 5.69 Å². The lowest BCUT2D eigenvalue weighted by Gasteiger charge is -2.34. The third kappa shape index (κ3) is 3.89. The number of hydrogen-bond acceptors (Lipinski definition) is 3. The maximum Gasteiger partial charge on any atom is 0.255 e. The maximum absolute atomic E-state index is 12.5. The molecule has 3 nitrogen and oxygen atoms in total. The summed E-state index contributed by atoms with van der Waals surface area (Å²) >= 11 is 0. The van der Waals surface area contributed by atoms with Crippen molar-refractivity contribution in [3.8, 4) is 5.88 Å². The number of nitrogens with zero attached hydrogens (tertiary/aromatic N) is 2. The zero-order valence-corrected chi connectivity index (χ0v) is 11.3. The molecule has 1 aromatic rings. The van der Waals surface area contributed by atoms with Gasteiger partial charge in [0.15, 0.2) is 0 Å². The van der Waals surface area contributed by atoms with Crippen LogP contribution >= 0.6 is 0 Å². The van der Waals surface area contributed by atoms with Crippen molar-refractivity contribution in [2.45, 2.75) is 58.5 Å². The van der Waals surface area contributed by atoms with Gasteiger partial charge in [0.25, 0.3) is 5.92 Å². The number of hydrogen-bond donors (Lipinski definition) is 0. The van der Waals surface area contributed by atoms with Crippen LogP contribution in [0.4, 0.5) is 8.78 Å². The maximum atomic E-state index is 12.5. The summed E-state index contributed by atoms with van der Waals surface area (Å²) in [7, 11) is 0. The lowest BCUT2D eigenvalue weighted by atomic mass is 9.91. The lowest BCUT2D eigenvalue weighted by molar-refractivity contribution is -0.135. The van der Waals surface area contributed by atoms with E-state index in [0.29, 0.717) is 11.8 Å². The Bertz CT molecular complexity index is 358. The van der Waals surface area contributed by atoms with Crippen LogP contribution in [0.15, 0.2) is 12.4 Å². The zero-order chi connectivity index (χ0) is 13.8. The molecule has 2 rings (SSSR count). The molecule has 0 amide bonds. The number of alkyl halides is 2. The third-order valence-electron chi connectivity index (χ3n) is 2.58. The zero-order valence-electron chi connectivity index (χ0n) is 11.3. The van der Waals surface area contributed by atoms with Crippen LogP contribution in [0.5, 0.6) is 5.88 Å². The van der Waals surface area contributed by atoms with Gasteiger partial charge < -0.3 is 4.74 Å². The molecule has 102 valence electrons. The Balaban J connectivity index is 0.000000771. The molecule has 0 bridgehead atoms. The Hall–Kier alpha value is -1.26. The van der Waals surface area contributed by atoms with Crippen molar-refractivity contribution in [2.24, 2.45) is 0 Å². The van der Waals surface area contributed by atoms with E-state index in [2.05, 4.69) is 9.97 Å². The topological polar surface area (TPSA) is 35.0 Å². The van der Waals surface area contributed by atoms with Crippen LogP contribution in [0.25, 0.3) is 0 Å². The first kappa shape index (κ1) is 14.8. The number of aromatic nitrogens is 2. The summed E-state index contributed by atoms with van der Waals surface area (Å²) < 4.78 is 30.4. The second-order valence-corrected chi connectivity index (χ2v) is 4.44. The normalized spacial score (nSPS) is 17.7. The summed E-state index contributed by atoms with van der Waals surface area (Å²) in [5, 5.41) is 0. The van der Waals surface area contributed by atoms with Crippen LogP contribution in [-0.4, -0.2) is 22.0 Å². The predicted octanol–water partition coefficient (Wildman–Crippen LogP) is 3.80. The van der Waals surface area contributed by atoms with Crippen molar-refractivity contribution in [3.05, 3.63) is 18.1 Å². The number of ether oxygens (including phenoxy) is 1. The van der Waals surface area contributed by atoms with E-state index in [1.165, 1.54) is 6.20 Å². The molecule has 0 spiro atoms. The summed E-state index contributed by atoms with van der Waals surface area (Å²) in [6.45, 7) is 8.02. The summed E-state index contributed by atoms with van der Waals surface area (Å²) in [6, 6.07) is 0. The molecule has 1 aliphatic carbocycles. The van der Waals surface area contributed by atoms with Crippen LogP contribution in [0.1, 0.15) is 52.1 Å².